The summed E-state index contributed by atoms with van der Waals surface area (Å²) in [5.41, 5.74) is 8.70. The van der Waals surface area contributed by atoms with Gasteiger partial charge in [0.2, 0.25) is 0 Å². The average Bonchev–Trinajstić information content (AvgIpc) is 2.47. The number of anilines is 1. The number of nitrogens with zero attached hydrogens (tertiary/aromatic N) is 3. The van der Waals surface area contributed by atoms with Crippen LogP contribution >= 0.6 is 0 Å². The molecule has 19 heavy (non-hydrogen) atoms. The second-order valence-corrected chi connectivity index (χ2v) is 4.11. The number of nitrogen functional groups attached to an aromatic ring is 1. The van der Waals surface area contributed by atoms with Crippen LogP contribution in [0.5, 0.6) is 0 Å². The van der Waals surface area contributed by atoms with Gasteiger partial charge in [-0.05, 0) is 24.3 Å². The topological polar surface area (TPSA) is 63.6 Å². The summed E-state index contributed by atoms with van der Waals surface area (Å²) in [5, 5.41) is 9.43. The molecule has 0 bridgehead atoms. The first-order valence-electron chi connectivity index (χ1n) is 5.94. The van der Waals surface area contributed by atoms with Gasteiger partial charge in [0.25, 0.3) is 0 Å². The maximum absolute atomic E-state index is 5.96. The minimum atomic E-state index is 0.575. The molecule has 0 fully saturated rings. The van der Waals surface area contributed by atoms with Crippen molar-refractivity contribution >= 4 is 28.0 Å². The van der Waals surface area contributed by atoms with E-state index >= 15 is 0 Å². The van der Waals surface area contributed by atoms with E-state index in [1.807, 2.05) is 54.6 Å². The lowest BCUT2D eigenvalue weighted by Crippen LogP contribution is -1.87. The van der Waals surface area contributed by atoms with Gasteiger partial charge >= 0.3 is 0 Å². The molecule has 0 spiro atoms. The van der Waals surface area contributed by atoms with Crippen molar-refractivity contribution < 1.29 is 0 Å². The lowest BCUT2D eigenvalue weighted by molar-refractivity contribution is 1.23. The van der Waals surface area contributed by atoms with Gasteiger partial charge in [-0.2, -0.15) is 5.11 Å². The maximum atomic E-state index is 5.96. The first kappa shape index (κ1) is 11.3. The molecule has 0 aliphatic rings. The highest BCUT2D eigenvalue weighted by atomic mass is 15.1. The van der Waals surface area contributed by atoms with Crippen molar-refractivity contribution in [1.29, 1.82) is 0 Å². The molecule has 2 N–H and O–H groups in total. The molecule has 4 nitrogen and oxygen atoms in total. The van der Waals surface area contributed by atoms with E-state index < -0.39 is 0 Å². The number of hydrogen-bond donors (Lipinski definition) is 1. The highest BCUT2D eigenvalue weighted by Crippen LogP contribution is 2.31. The van der Waals surface area contributed by atoms with E-state index in [2.05, 4.69) is 15.2 Å². The van der Waals surface area contributed by atoms with Crippen LogP contribution in [-0.4, -0.2) is 4.98 Å². The molecule has 3 aromatic rings. The maximum Gasteiger partial charge on any atom is 0.135 e. The minimum Gasteiger partial charge on any atom is -0.397 e. The monoisotopic (exact) mass is 248 g/mol. The number of nitrogens with two attached hydrogens (primary N) is 1. The molecule has 0 unspecified atom stereocenters. The number of azo groups is 1. The second kappa shape index (κ2) is 4.86. The van der Waals surface area contributed by atoms with Crippen molar-refractivity contribution in [3.8, 4) is 0 Å². The zero-order valence-electron chi connectivity index (χ0n) is 10.2. The van der Waals surface area contributed by atoms with Crippen LogP contribution < -0.4 is 5.73 Å². The molecule has 0 aliphatic heterocycles. The quantitative estimate of drug-likeness (QED) is 0.544. The summed E-state index contributed by atoms with van der Waals surface area (Å²) >= 11 is 0. The molecule has 0 amide bonds. The Morgan fingerprint density at radius 3 is 2.53 bits per heavy atom. The van der Waals surface area contributed by atoms with Crippen molar-refractivity contribution in [2.45, 2.75) is 0 Å². The Balaban J connectivity index is 2.10. The fourth-order valence-electron chi connectivity index (χ4n) is 1.85. The Hall–Kier alpha value is -2.75. The van der Waals surface area contributed by atoms with E-state index in [0.29, 0.717) is 11.4 Å². The van der Waals surface area contributed by atoms with Crippen LogP contribution in [0.2, 0.25) is 0 Å². The summed E-state index contributed by atoms with van der Waals surface area (Å²) in [5.74, 6) is 0. The van der Waals surface area contributed by atoms with Gasteiger partial charge in [-0.15, -0.1) is 5.11 Å². The van der Waals surface area contributed by atoms with E-state index in [4.69, 9.17) is 5.73 Å². The third-order valence-corrected chi connectivity index (χ3v) is 2.80. The van der Waals surface area contributed by atoms with Crippen molar-refractivity contribution in [2.75, 3.05) is 5.73 Å². The van der Waals surface area contributed by atoms with Crippen molar-refractivity contribution in [2.24, 2.45) is 10.2 Å². The molecule has 92 valence electrons. The Morgan fingerprint density at radius 1 is 0.842 bits per heavy atom. The molecular weight excluding hydrogens is 236 g/mol. The van der Waals surface area contributed by atoms with Gasteiger partial charge < -0.3 is 5.73 Å². The van der Waals surface area contributed by atoms with Gasteiger partial charge in [0.15, 0.2) is 0 Å². The van der Waals surface area contributed by atoms with E-state index in [1.165, 1.54) is 0 Å². The van der Waals surface area contributed by atoms with Gasteiger partial charge in [0, 0.05) is 11.6 Å². The van der Waals surface area contributed by atoms with Gasteiger partial charge in [-0.1, -0.05) is 30.3 Å². The molecular formula is C15H12N4. The molecule has 0 saturated carbocycles. The molecule has 1 aromatic heterocycles. The summed E-state index contributed by atoms with van der Waals surface area (Å²) in [7, 11) is 0. The molecule has 0 saturated heterocycles. The Labute approximate surface area is 110 Å². The highest BCUT2D eigenvalue weighted by molar-refractivity contribution is 5.94. The predicted molar refractivity (Wildman–Crippen MR) is 76.8 cm³/mol. The molecule has 0 aliphatic carbocycles. The van der Waals surface area contributed by atoms with Crippen LogP contribution in [-0.2, 0) is 0 Å². The van der Waals surface area contributed by atoms with Crippen LogP contribution in [0.1, 0.15) is 0 Å². The standard InChI is InChI=1S/C15H12N4/c16-13-9-8-11-5-4-10-17-14(11)15(13)19-18-12-6-2-1-3-7-12/h1-10H,16H2. The Kier molecular flexibility index (Phi) is 2.90. The number of rotatable bonds is 2. The normalized spacial score (nSPS) is 11.2. The molecule has 3 rings (SSSR count). The number of pyridine rings is 1. The molecule has 1 heterocycles. The van der Waals surface area contributed by atoms with E-state index in [-0.39, 0.29) is 0 Å². The number of hydrogen-bond acceptors (Lipinski definition) is 4. The minimum absolute atomic E-state index is 0.575. The molecule has 0 radical (unpaired) electrons. The third-order valence-electron chi connectivity index (χ3n) is 2.80. The summed E-state index contributed by atoms with van der Waals surface area (Å²) < 4.78 is 0. The Morgan fingerprint density at radius 2 is 1.68 bits per heavy atom. The van der Waals surface area contributed by atoms with Crippen molar-refractivity contribution in [3.05, 3.63) is 60.8 Å². The highest BCUT2D eigenvalue weighted by Gasteiger charge is 2.05. The largest absolute Gasteiger partial charge is 0.397 e. The van der Waals surface area contributed by atoms with E-state index in [1.54, 1.807) is 6.20 Å². The zero-order valence-corrected chi connectivity index (χ0v) is 10.2. The molecule has 0 atom stereocenters. The SMILES string of the molecule is Nc1ccc2cccnc2c1N=Nc1ccccc1. The third kappa shape index (κ3) is 2.28. The fourth-order valence-corrected chi connectivity index (χ4v) is 1.85. The Bertz CT molecular complexity index is 735. The number of aromatic nitrogens is 1. The van der Waals surface area contributed by atoms with E-state index in [0.717, 1.165) is 16.6 Å². The van der Waals surface area contributed by atoms with E-state index in [9.17, 15) is 0 Å². The number of fused-ring (bicyclic) bond motifs is 1. The van der Waals surface area contributed by atoms with Crippen LogP contribution in [0, 0.1) is 0 Å². The molecule has 4 heteroatoms. The summed E-state index contributed by atoms with van der Waals surface area (Å²) in [6.45, 7) is 0. The van der Waals surface area contributed by atoms with Crippen LogP contribution in [0.4, 0.5) is 17.1 Å². The van der Waals surface area contributed by atoms with Gasteiger partial charge in [-0.3, -0.25) is 4.98 Å². The summed E-state index contributed by atoms with van der Waals surface area (Å²) in [6, 6.07) is 17.2. The summed E-state index contributed by atoms with van der Waals surface area (Å²) in [4.78, 5) is 4.32. The van der Waals surface area contributed by atoms with Crippen molar-refractivity contribution in [3.63, 3.8) is 0 Å². The first-order chi connectivity index (χ1) is 9.34. The van der Waals surface area contributed by atoms with Gasteiger partial charge in [0.1, 0.15) is 5.69 Å². The lowest BCUT2D eigenvalue weighted by Gasteiger charge is -2.03. The lowest BCUT2D eigenvalue weighted by atomic mass is 10.1. The fraction of sp³-hybridized carbons (Fsp3) is 0. The van der Waals surface area contributed by atoms with Crippen molar-refractivity contribution in [1.82, 2.24) is 4.98 Å². The predicted octanol–water partition coefficient (Wildman–Crippen LogP) is 4.23. The molecule has 2 aromatic carbocycles. The van der Waals surface area contributed by atoms with Crippen LogP contribution in [0.15, 0.2) is 71.0 Å². The smallest absolute Gasteiger partial charge is 0.135 e. The second-order valence-electron chi connectivity index (χ2n) is 4.11. The van der Waals surface area contributed by atoms with Crippen LogP contribution in [0.25, 0.3) is 10.9 Å². The van der Waals surface area contributed by atoms with Gasteiger partial charge in [0.05, 0.1) is 16.9 Å². The summed E-state index contributed by atoms with van der Waals surface area (Å²) in [6.07, 6.45) is 1.73. The zero-order chi connectivity index (χ0) is 13.1. The first-order valence-corrected chi connectivity index (χ1v) is 5.94. The van der Waals surface area contributed by atoms with Gasteiger partial charge in [-0.25, -0.2) is 0 Å². The number of benzene rings is 2. The van der Waals surface area contributed by atoms with Crippen LogP contribution in [0.3, 0.4) is 0 Å². The average molecular weight is 248 g/mol.